The second kappa shape index (κ2) is 13.1. The molecule has 2 rings (SSSR count). The summed E-state index contributed by atoms with van der Waals surface area (Å²) in [5.41, 5.74) is 1.42. The van der Waals surface area contributed by atoms with E-state index in [0.29, 0.717) is 17.4 Å². The number of nitrogens with one attached hydrogen (secondary N) is 2. The maximum Gasteiger partial charge on any atom is 0.319 e. The molecule has 2 aromatic rings. The van der Waals surface area contributed by atoms with Crippen LogP contribution in [0.4, 0.5) is 10.5 Å². The van der Waals surface area contributed by atoms with E-state index in [2.05, 4.69) is 45.7 Å². The second-order valence-electron chi connectivity index (χ2n) is 7.00. The lowest BCUT2D eigenvalue weighted by Crippen LogP contribution is -2.29. The van der Waals surface area contributed by atoms with Gasteiger partial charge in [-0.3, -0.25) is 0 Å². The van der Waals surface area contributed by atoms with Gasteiger partial charge in [0.05, 0.1) is 5.69 Å². The molecule has 0 unspecified atom stereocenters. The van der Waals surface area contributed by atoms with E-state index in [-0.39, 0.29) is 6.03 Å². The number of hydrogen-bond donors (Lipinski definition) is 3. The minimum absolute atomic E-state index is 0.198. The van der Waals surface area contributed by atoms with E-state index in [0.717, 1.165) is 18.5 Å². The average molecular weight is 405 g/mol. The molecule has 1 aromatic carbocycles. The fourth-order valence-electron chi connectivity index (χ4n) is 3.05. The van der Waals surface area contributed by atoms with Crippen molar-refractivity contribution in [1.29, 1.82) is 0 Å². The first-order chi connectivity index (χ1) is 13.7. The molecule has 0 saturated carbocycles. The zero-order chi connectivity index (χ0) is 20.0. The lowest BCUT2D eigenvalue weighted by molar-refractivity contribution is 0.252. The Balaban J connectivity index is 1.56. The van der Waals surface area contributed by atoms with Gasteiger partial charge in [0.1, 0.15) is 0 Å². The van der Waals surface area contributed by atoms with Crippen LogP contribution in [0.2, 0.25) is 0 Å². The van der Waals surface area contributed by atoms with Crippen molar-refractivity contribution in [2.75, 3.05) is 11.9 Å². The van der Waals surface area contributed by atoms with Gasteiger partial charge in [-0.05, 0) is 35.0 Å². The Kier molecular flexibility index (Phi) is 10.4. The van der Waals surface area contributed by atoms with Crippen LogP contribution in [0.5, 0.6) is 0 Å². The van der Waals surface area contributed by atoms with E-state index in [4.69, 9.17) is 0 Å². The van der Waals surface area contributed by atoms with Gasteiger partial charge in [0.15, 0.2) is 0 Å². The minimum Gasteiger partial charge on any atom is -0.338 e. The summed E-state index contributed by atoms with van der Waals surface area (Å²) in [5.74, 6) is 0. The molecule has 2 amide bonds. The van der Waals surface area contributed by atoms with Gasteiger partial charge in [0, 0.05) is 12.2 Å². The monoisotopic (exact) mass is 404 g/mol. The van der Waals surface area contributed by atoms with E-state index in [1.54, 1.807) is 6.07 Å². The molecular formula is C20H32N6OS. The van der Waals surface area contributed by atoms with E-state index in [9.17, 15) is 4.79 Å². The standard InChI is InChI=1S/C20H32N6OS/c1-2-3-4-5-6-7-8-9-10-11-15-21-19(27)22-17-13-12-14-18(16-17)26-20(28)23-24-25-26/h12-14,16H,2-11,15H2,1H3,(H2,21,22,27)(H,23,25,28). The number of nitrogens with zero attached hydrogens (tertiary/aromatic N) is 4. The van der Waals surface area contributed by atoms with Gasteiger partial charge in [-0.1, -0.05) is 70.8 Å². The second-order valence-corrected chi connectivity index (χ2v) is 7.40. The third-order valence-corrected chi connectivity index (χ3v) is 4.90. The Labute approximate surface area is 173 Å². The summed E-state index contributed by atoms with van der Waals surface area (Å²) < 4.78 is 1.50. The lowest BCUT2D eigenvalue weighted by Gasteiger charge is -2.09. The fraction of sp³-hybridized carbons (Fsp3) is 0.600. The molecular weight excluding hydrogens is 372 g/mol. The van der Waals surface area contributed by atoms with Gasteiger partial charge >= 0.3 is 6.03 Å². The van der Waals surface area contributed by atoms with Crippen molar-refractivity contribution in [2.45, 2.75) is 76.3 Å². The first kappa shape index (κ1) is 22.2. The van der Waals surface area contributed by atoms with Crippen LogP contribution in [0.15, 0.2) is 29.4 Å². The zero-order valence-electron chi connectivity index (χ0n) is 16.7. The number of unbranched alkanes of at least 4 members (excludes halogenated alkanes) is 9. The molecule has 2 N–H and O–H groups in total. The summed E-state index contributed by atoms with van der Waals surface area (Å²) in [6.07, 6.45) is 12.8. The number of hydrogen-bond acceptors (Lipinski definition) is 5. The first-order valence-electron chi connectivity index (χ1n) is 10.3. The summed E-state index contributed by atoms with van der Waals surface area (Å²) in [6, 6.07) is 7.11. The number of tetrazole rings is 1. The molecule has 28 heavy (non-hydrogen) atoms. The Morgan fingerprint density at radius 1 is 1.04 bits per heavy atom. The number of aromatic nitrogens is 4. The molecule has 0 radical (unpaired) electrons. The third-order valence-electron chi connectivity index (χ3n) is 4.62. The molecule has 0 spiro atoms. The number of benzene rings is 1. The maximum absolute atomic E-state index is 12.1. The Hall–Kier alpha value is -2.09. The summed E-state index contributed by atoms with van der Waals surface area (Å²) in [7, 11) is 0. The number of carbonyl (C=O) groups is 1. The molecule has 154 valence electrons. The number of thiol groups is 1. The smallest absolute Gasteiger partial charge is 0.319 e. The van der Waals surface area contributed by atoms with Crippen molar-refractivity contribution in [3.8, 4) is 5.69 Å². The Morgan fingerprint density at radius 3 is 2.36 bits per heavy atom. The van der Waals surface area contributed by atoms with Crippen molar-refractivity contribution in [3.05, 3.63) is 24.3 Å². The lowest BCUT2D eigenvalue weighted by atomic mass is 10.1. The van der Waals surface area contributed by atoms with Gasteiger partial charge in [-0.25, -0.2) is 4.79 Å². The quantitative estimate of drug-likeness (QED) is 0.324. The average Bonchev–Trinajstić information content (AvgIpc) is 3.12. The fourth-order valence-corrected chi connectivity index (χ4v) is 3.25. The number of amides is 2. The molecule has 1 heterocycles. The molecule has 0 aliphatic carbocycles. The number of carbonyl (C=O) groups excluding carboxylic acids is 1. The molecule has 0 fully saturated rings. The third kappa shape index (κ3) is 8.29. The maximum atomic E-state index is 12.1. The van der Waals surface area contributed by atoms with Crippen molar-refractivity contribution >= 4 is 24.3 Å². The summed E-state index contributed by atoms with van der Waals surface area (Å²) >= 11 is 4.20. The molecule has 1 aromatic heterocycles. The largest absolute Gasteiger partial charge is 0.338 e. The molecule has 7 nitrogen and oxygen atoms in total. The highest BCUT2D eigenvalue weighted by atomic mass is 32.1. The van der Waals surface area contributed by atoms with Crippen LogP contribution in [0.3, 0.4) is 0 Å². The zero-order valence-corrected chi connectivity index (χ0v) is 17.6. The van der Waals surface area contributed by atoms with E-state index < -0.39 is 0 Å². The van der Waals surface area contributed by atoms with E-state index >= 15 is 0 Å². The Morgan fingerprint density at radius 2 is 1.71 bits per heavy atom. The van der Waals surface area contributed by atoms with Gasteiger partial charge in [-0.15, -0.1) is 17.7 Å². The highest BCUT2D eigenvalue weighted by molar-refractivity contribution is 7.80. The predicted octanol–water partition coefficient (Wildman–Crippen LogP) is 4.99. The SMILES string of the molecule is CCCCCCCCCCCCNC(=O)Nc1cccc(-n2nnnc2S)c1. The van der Waals surface area contributed by atoms with Crippen molar-refractivity contribution in [2.24, 2.45) is 0 Å². The summed E-state index contributed by atoms with van der Waals surface area (Å²) in [5, 5.41) is 17.3. The van der Waals surface area contributed by atoms with Crippen LogP contribution >= 0.6 is 12.6 Å². The van der Waals surface area contributed by atoms with Crippen LogP contribution in [0.1, 0.15) is 71.1 Å². The van der Waals surface area contributed by atoms with Crippen LogP contribution in [-0.4, -0.2) is 32.8 Å². The van der Waals surface area contributed by atoms with Crippen LogP contribution in [0, 0.1) is 0 Å². The van der Waals surface area contributed by atoms with E-state index in [1.807, 2.05) is 18.2 Å². The summed E-state index contributed by atoms with van der Waals surface area (Å²) in [4.78, 5) is 12.1. The normalized spacial score (nSPS) is 10.8. The van der Waals surface area contributed by atoms with E-state index in [1.165, 1.54) is 56.0 Å². The molecule has 0 atom stereocenters. The topological polar surface area (TPSA) is 84.7 Å². The molecule has 0 aliphatic rings. The highest BCUT2D eigenvalue weighted by Crippen LogP contribution is 2.16. The minimum atomic E-state index is -0.198. The van der Waals surface area contributed by atoms with Gasteiger partial charge in [-0.2, -0.15) is 4.68 Å². The predicted molar refractivity (Wildman–Crippen MR) is 115 cm³/mol. The Bertz CT molecular complexity index is 706. The van der Waals surface area contributed by atoms with Gasteiger partial charge in [0.25, 0.3) is 0 Å². The number of urea groups is 1. The molecule has 0 saturated heterocycles. The van der Waals surface area contributed by atoms with Crippen LogP contribution in [-0.2, 0) is 0 Å². The molecule has 0 aliphatic heterocycles. The van der Waals surface area contributed by atoms with Crippen molar-refractivity contribution in [1.82, 2.24) is 25.5 Å². The van der Waals surface area contributed by atoms with Gasteiger partial charge in [0.2, 0.25) is 5.16 Å². The molecule has 0 bridgehead atoms. The summed E-state index contributed by atoms with van der Waals surface area (Å²) in [6.45, 7) is 2.94. The van der Waals surface area contributed by atoms with Crippen molar-refractivity contribution < 1.29 is 4.79 Å². The number of anilines is 1. The van der Waals surface area contributed by atoms with Crippen LogP contribution in [0.25, 0.3) is 5.69 Å². The van der Waals surface area contributed by atoms with Crippen LogP contribution < -0.4 is 10.6 Å². The van der Waals surface area contributed by atoms with Crippen molar-refractivity contribution in [3.63, 3.8) is 0 Å². The molecule has 8 heteroatoms. The van der Waals surface area contributed by atoms with Gasteiger partial charge < -0.3 is 10.6 Å². The highest BCUT2D eigenvalue weighted by Gasteiger charge is 2.06. The number of rotatable bonds is 13. The first-order valence-corrected chi connectivity index (χ1v) is 10.8.